The Morgan fingerprint density at radius 3 is 2.56 bits per heavy atom. The first-order chi connectivity index (χ1) is 15.4. The van der Waals surface area contributed by atoms with Crippen LogP contribution in [-0.4, -0.2) is 57.7 Å². The average Bonchev–Trinajstić information content (AvgIpc) is 3.14. The van der Waals surface area contributed by atoms with Crippen molar-refractivity contribution in [1.82, 2.24) is 19.7 Å². The lowest BCUT2D eigenvalue weighted by atomic mass is 10.00. The van der Waals surface area contributed by atoms with E-state index in [2.05, 4.69) is 46.2 Å². The number of rotatable bonds is 3. The second-order valence-electron chi connectivity index (χ2n) is 9.39. The van der Waals surface area contributed by atoms with Crippen LogP contribution in [-0.2, 0) is 9.47 Å². The summed E-state index contributed by atoms with van der Waals surface area (Å²) in [7, 11) is 0. The molecule has 166 valence electrons. The summed E-state index contributed by atoms with van der Waals surface area (Å²) in [6, 6.07) is 10.8. The molecule has 0 unspecified atom stereocenters. The fourth-order valence-electron chi connectivity index (χ4n) is 4.03. The van der Waals surface area contributed by atoms with E-state index in [1.807, 2.05) is 33.2 Å². The summed E-state index contributed by atoms with van der Waals surface area (Å²) in [4.78, 5) is 18.7. The van der Waals surface area contributed by atoms with Crippen molar-refractivity contribution in [2.45, 2.75) is 38.8 Å². The molecule has 1 amide bonds. The van der Waals surface area contributed by atoms with E-state index in [9.17, 15) is 4.79 Å². The maximum Gasteiger partial charge on any atom is 0.410 e. The van der Waals surface area contributed by atoms with Crippen LogP contribution in [0.25, 0.3) is 27.7 Å². The molecule has 5 rings (SSSR count). The van der Waals surface area contributed by atoms with Crippen LogP contribution in [0, 0.1) is 0 Å². The molecule has 0 saturated carbocycles. The Morgan fingerprint density at radius 1 is 1.12 bits per heavy atom. The van der Waals surface area contributed by atoms with Crippen LogP contribution in [0.5, 0.6) is 0 Å². The van der Waals surface area contributed by atoms with Crippen molar-refractivity contribution in [3.05, 3.63) is 54.4 Å². The molecule has 1 fully saturated rings. The van der Waals surface area contributed by atoms with Crippen molar-refractivity contribution in [1.29, 1.82) is 0 Å². The molecule has 0 atom stereocenters. The third-order valence-corrected chi connectivity index (χ3v) is 5.86. The van der Waals surface area contributed by atoms with E-state index >= 15 is 0 Å². The normalized spacial score (nSPS) is 17.2. The number of nitrogens with zero attached hydrogens (tertiary/aromatic N) is 4. The highest BCUT2D eigenvalue weighted by atomic mass is 16.6. The van der Waals surface area contributed by atoms with E-state index in [1.54, 1.807) is 4.90 Å². The molecule has 1 aromatic carbocycles. The van der Waals surface area contributed by atoms with Crippen LogP contribution in [0.3, 0.4) is 0 Å². The molecule has 1 saturated heterocycles. The number of benzene rings is 1. The maximum atomic E-state index is 12.3. The van der Waals surface area contributed by atoms with Gasteiger partial charge in [-0.3, -0.25) is 9.67 Å². The smallest absolute Gasteiger partial charge is 0.410 e. The molecule has 0 spiro atoms. The quantitative estimate of drug-likeness (QED) is 0.600. The number of aromatic nitrogens is 3. The minimum atomic E-state index is -0.479. The zero-order valence-corrected chi connectivity index (χ0v) is 18.7. The molecule has 0 radical (unpaired) electrons. The molecule has 7 nitrogen and oxygen atoms in total. The summed E-state index contributed by atoms with van der Waals surface area (Å²) >= 11 is 0. The van der Waals surface area contributed by atoms with E-state index in [0.717, 1.165) is 34.1 Å². The van der Waals surface area contributed by atoms with Gasteiger partial charge in [0.15, 0.2) is 0 Å². The SMILES string of the molecule is CC(C)(C)OC(=O)N1CC=C(c2ccc(-c3ccc4cnn(C5COC5)c4c3)nc2)CC1. The Bertz CT molecular complexity index is 1170. The summed E-state index contributed by atoms with van der Waals surface area (Å²) in [6.45, 7) is 8.29. The lowest BCUT2D eigenvalue weighted by Crippen LogP contribution is -2.39. The number of hydrogen-bond acceptors (Lipinski definition) is 5. The highest BCUT2D eigenvalue weighted by molar-refractivity contribution is 5.84. The number of amides is 1. The number of ether oxygens (including phenoxy) is 2. The molecule has 4 heterocycles. The average molecular weight is 433 g/mol. The zero-order chi connectivity index (χ0) is 22.3. The molecule has 7 heteroatoms. The summed E-state index contributed by atoms with van der Waals surface area (Å²) in [5, 5.41) is 5.66. The minimum Gasteiger partial charge on any atom is -0.444 e. The number of fused-ring (bicyclic) bond motifs is 1. The Labute approximate surface area is 187 Å². The Kier molecular flexibility index (Phi) is 5.21. The molecule has 2 aromatic heterocycles. The standard InChI is InChI=1S/C25H28N4O3/c1-25(2,3)32-24(30)28-10-8-17(9-11-28)19-6-7-22(26-13-19)18-4-5-20-14-27-29(23(20)12-18)21-15-31-16-21/h4-8,12-14,21H,9-11,15-16H2,1-3H3. The molecule has 0 N–H and O–H groups in total. The van der Waals surface area contributed by atoms with Crippen LogP contribution in [0.2, 0.25) is 0 Å². The van der Waals surface area contributed by atoms with Gasteiger partial charge in [-0.15, -0.1) is 0 Å². The van der Waals surface area contributed by atoms with Gasteiger partial charge < -0.3 is 14.4 Å². The Morgan fingerprint density at radius 2 is 1.94 bits per heavy atom. The Hall–Kier alpha value is -3.19. The van der Waals surface area contributed by atoms with Crippen molar-refractivity contribution in [2.75, 3.05) is 26.3 Å². The fourth-order valence-corrected chi connectivity index (χ4v) is 4.03. The molecule has 32 heavy (non-hydrogen) atoms. The van der Waals surface area contributed by atoms with Gasteiger partial charge >= 0.3 is 6.09 Å². The van der Waals surface area contributed by atoms with Crippen LogP contribution in [0.15, 0.2) is 48.8 Å². The zero-order valence-electron chi connectivity index (χ0n) is 18.7. The topological polar surface area (TPSA) is 69.5 Å². The van der Waals surface area contributed by atoms with Gasteiger partial charge in [0.25, 0.3) is 0 Å². The van der Waals surface area contributed by atoms with Crippen LogP contribution in [0.1, 0.15) is 38.8 Å². The summed E-state index contributed by atoms with van der Waals surface area (Å²) in [5.74, 6) is 0. The lowest BCUT2D eigenvalue weighted by Gasteiger charge is -2.29. The molecular weight excluding hydrogens is 404 g/mol. The molecule has 0 aliphatic carbocycles. The van der Waals surface area contributed by atoms with Gasteiger partial charge in [-0.2, -0.15) is 5.10 Å². The van der Waals surface area contributed by atoms with E-state index in [0.29, 0.717) is 32.3 Å². The highest BCUT2D eigenvalue weighted by Gasteiger charge is 2.24. The van der Waals surface area contributed by atoms with E-state index in [1.165, 1.54) is 5.57 Å². The van der Waals surface area contributed by atoms with Gasteiger partial charge in [0.2, 0.25) is 0 Å². The summed E-state index contributed by atoms with van der Waals surface area (Å²) in [5.41, 5.74) is 4.93. The van der Waals surface area contributed by atoms with Crippen molar-refractivity contribution >= 4 is 22.6 Å². The Balaban J connectivity index is 1.31. The van der Waals surface area contributed by atoms with Crippen molar-refractivity contribution in [3.63, 3.8) is 0 Å². The van der Waals surface area contributed by atoms with E-state index in [4.69, 9.17) is 14.5 Å². The van der Waals surface area contributed by atoms with E-state index < -0.39 is 5.60 Å². The second kappa shape index (κ2) is 8.06. The largest absolute Gasteiger partial charge is 0.444 e. The fraction of sp³-hybridized carbons (Fsp3) is 0.400. The van der Waals surface area contributed by atoms with Crippen LogP contribution in [0.4, 0.5) is 4.79 Å². The third kappa shape index (κ3) is 4.12. The lowest BCUT2D eigenvalue weighted by molar-refractivity contribution is -0.0266. The van der Waals surface area contributed by atoms with Gasteiger partial charge in [-0.25, -0.2) is 4.79 Å². The summed E-state index contributed by atoms with van der Waals surface area (Å²) < 4.78 is 12.9. The number of carbonyl (C=O) groups excluding carboxylic acids is 1. The number of hydrogen-bond donors (Lipinski definition) is 0. The molecular formula is C25H28N4O3. The van der Waals surface area contributed by atoms with Crippen molar-refractivity contribution < 1.29 is 14.3 Å². The van der Waals surface area contributed by atoms with Crippen LogP contribution < -0.4 is 0 Å². The third-order valence-electron chi connectivity index (χ3n) is 5.86. The second-order valence-corrected chi connectivity index (χ2v) is 9.39. The van der Waals surface area contributed by atoms with Crippen LogP contribution >= 0.6 is 0 Å². The number of carbonyl (C=O) groups is 1. The van der Waals surface area contributed by atoms with Gasteiger partial charge in [-0.05, 0) is 50.5 Å². The highest BCUT2D eigenvalue weighted by Crippen LogP contribution is 2.29. The summed E-state index contributed by atoms with van der Waals surface area (Å²) in [6.07, 6.45) is 6.45. The first-order valence-corrected chi connectivity index (χ1v) is 11.1. The molecule has 2 aliphatic heterocycles. The van der Waals surface area contributed by atoms with Gasteiger partial charge in [0.1, 0.15) is 5.60 Å². The van der Waals surface area contributed by atoms with Crippen molar-refractivity contribution in [2.24, 2.45) is 0 Å². The number of pyridine rings is 1. The first kappa shape index (κ1) is 20.7. The predicted octanol–water partition coefficient (Wildman–Crippen LogP) is 4.69. The minimum absolute atomic E-state index is 0.260. The maximum absolute atomic E-state index is 12.3. The van der Waals surface area contributed by atoms with Gasteiger partial charge in [-0.1, -0.05) is 24.3 Å². The molecule has 2 aliphatic rings. The van der Waals surface area contributed by atoms with Crippen molar-refractivity contribution in [3.8, 4) is 11.3 Å². The first-order valence-electron chi connectivity index (χ1n) is 11.1. The van der Waals surface area contributed by atoms with E-state index in [-0.39, 0.29) is 6.09 Å². The molecule has 3 aromatic rings. The predicted molar refractivity (Wildman–Crippen MR) is 123 cm³/mol. The molecule has 0 bridgehead atoms. The van der Waals surface area contributed by atoms with Gasteiger partial charge in [0.05, 0.1) is 36.7 Å². The van der Waals surface area contributed by atoms with Gasteiger partial charge in [0, 0.05) is 30.2 Å². The monoisotopic (exact) mass is 432 g/mol.